The predicted octanol–water partition coefficient (Wildman–Crippen LogP) is 3.04. The number of ether oxygens (including phenoxy) is 1. The van der Waals surface area contributed by atoms with E-state index in [1.165, 1.54) is 0 Å². The van der Waals surface area contributed by atoms with Gasteiger partial charge >= 0.3 is 12.1 Å². The van der Waals surface area contributed by atoms with Crippen LogP contribution in [0.1, 0.15) is 18.2 Å². The van der Waals surface area contributed by atoms with Crippen LogP contribution in [0.4, 0.5) is 15.4 Å². The van der Waals surface area contributed by atoms with Crippen LogP contribution >= 0.6 is 0 Å². The van der Waals surface area contributed by atoms with E-state index in [1.54, 1.807) is 12.4 Å². The summed E-state index contributed by atoms with van der Waals surface area (Å²) in [5.41, 5.74) is 3.68. The number of carboxylic acid groups (broad SMARTS) is 1. The van der Waals surface area contributed by atoms with E-state index in [9.17, 15) is 9.59 Å². The van der Waals surface area contributed by atoms with Gasteiger partial charge in [-0.3, -0.25) is 15.2 Å². The largest absolute Gasteiger partial charge is 0.465 e. The van der Waals surface area contributed by atoms with Crippen LogP contribution in [0.5, 0.6) is 0 Å². The number of rotatable bonds is 7. The Bertz CT molecular complexity index is 1180. The van der Waals surface area contributed by atoms with Crippen molar-refractivity contribution in [3.63, 3.8) is 0 Å². The fourth-order valence-corrected chi connectivity index (χ4v) is 3.98. The van der Waals surface area contributed by atoms with E-state index in [0.29, 0.717) is 12.4 Å². The third-order valence-corrected chi connectivity index (χ3v) is 5.62. The van der Waals surface area contributed by atoms with Gasteiger partial charge in [0, 0.05) is 50.5 Å². The minimum Gasteiger partial charge on any atom is -0.465 e. The second-order valence-corrected chi connectivity index (χ2v) is 7.95. The summed E-state index contributed by atoms with van der Waals surface area (Å²) < 4.78 is 5.43. The molecular weight excluding hydrogens is 436 g/mol. The fourth-order valence-electron chi connectivity index (χ4n) is 3.98. The highest BCUT2D eigenvalue weighted by atomic mass is 16.5. The van der Waals surface area contributed by atoms with Gasteiger partial charge in [-0.2, -0.15) is 0 Å². The van der Waals surface area contributed by atoms with Gasteiger partial charge in [-0.25, -0.2) is 14.6 Å². The normalized spacial score (nSPS) is 14.0. The molecule has 3 amide bonds. The van der Waals surface area contributed by atoms with E-state index < -0.39 is 6.09 Å². The zero-order valence-electron chi connectivity index (χ0n) is 19.0. The number of hydrogen-bond acceptors (Lipinski definition) is 6. The molecule has 0 spiro atoms. The molecule has 178 valence electrons. The van der Waals surface area contributed by atoms with Gasteiger partial charge in [0.25, 0.3) is 0 Å². The Morgan fingerprint density at radius 2 is 1.91 bits per heavy atom. The van der Waals surface area contributed by atoms with Crippen molar-refractivity contribution in [2.45, 2.75) is 20.0 Å². The van der Waals surface area contributed by atoms with Crippen molar-refractivity contribution >= 4 is 28.7 Å². The molecule has 4 N–H and O–H groups in total. The Morgan fingerprint density at radius 3 is 2.68 bits per heavy atom. The molecule has 3 aromatic rings. The second-order valence-electron chi connectivity index (χ2n) is 7.95. The summed E-state index contributed by atoms with van der Waals surface area (Å²) in [6.07, 6.45) is 2.36. The number of pyridine rings is 2. The lowest BCUT2D eigenvalue weighted by Gasteiger charge is -2.26. The number of aromatic nitrogens is 2. The van der Waals surface area contributed by atoms with E-state index in [0.717, 1.165) is 66.0 Å². The molecule has 0 radical (unpaired) electrons. The van der Waals surface area contributed by atoms with Crippen LogP contribution < -0.4 is 16.0 Å². The molecule has 1 aliphatic heterocycles. The molecule has 1 fully saturated rings. The van der Waals surface area contributed by atoms with Crippen molar-refractivity contribution in [1.29, 1.82) is 0 Å². The molecule has 1 aliphatic rings. The first-order valence-electron chi connectivity index (χ1n) is 11.2. The van der Waals surface area contributed by atoms with Crippen LogP contribution in [0.15, 0.2) is 42.7 Å². The summed E-state index contributed by atoms with van der Waals surface area (Å²) in [4.78, 5) is 34.3. The number of morpholine rings is 1. The molecule has 3 heterocycles. The SMILES string of the molecule is CCNC(=O)Nc1cc2c(-c3ccnc(CN4CCOCC4)c3)ccc(CNC(=O)O)c2cn1. The van der Waals surface area contributed by atoms with E-state index in [-0.39, 0.29) is 12.6 Å². The minimum absolute atomic E-state index is 0.148. The number of nitrogens with one attached hydrogen (secondary N) is 3. The predicted molar refractivity (Wildman–Crippen MR) is 129 cm³/mol. The quantitative estimate of drug-likeness (QED) is 0.423. The first-order valence-corrected chi connectivity index (χ1v) is 11.2. The number of hydrogen-bond donors (Lipinski definition) is 4. The van der Waals surface area contributed by atoms with Gasteiger partial charge < -0.3 is 20.5 Å². The number of amides is 3. The highest BCUT2D eigenvalue weighted by molar-refractivity contribution is 6.01. The van der Waals surface area contributed by atoms with Crippen LogP contribution in [-0.4, -0.2) is 64.9 Å². The lowest BCUT2D eigenvalue weighted by atomic mass is 9.96. The van der Waals surface area contributed by atoms with Gasteiger partial charge in [0.05, 0.1) is 18.9 Å². The smallest absolute Gasteiger partial charge is 0.404 e. The maximum absolute atomic E-state index is 12.0. The topological polar surface area (TPSA) is 129 Å². The van der Waals surface area contributed by atoms with Gasteiger partial charge in [-0.05, 0) is 47.2 Å². The zero-order chi connectivity index (χ0) is 23.9. The Hall–Kier alpha value is -3.76. The number of fused-ring (bicyclic) bond motifs is 1. The summed E-state index contributed by atoms with van der Waals surface area (Å²) in [6.45, 7) is 6.43. The molecule has 4 rings (SSSR count). The van der Waals surface area contributed by atoms with E-state index >= 15 is 0 Å². The van der Waals surface area contributed by atoms with Gasteiger partial charge in [-0.1, -0.05) is 12.1 Å². The first kappa shape index (κ1) is 23.4. The fraction of sp³-hybridized carbons (Fsp3) is 0.333. The number of carbonyl (C=O) groups is 2. The van der Waals surface area contributed by atoms with Crippen molar-refractivity contribution in [1.82, 2.24) is 25.5 Å². The Kier molecular flexibility index (Phi) is 7.51. The molecule has 1 aromatic carbocycles. The zero-order valence-corrected chi connectivity index (χ0v) is 19.0. The Balaban J connectivity index is 1.71. The molecule has 10 heteroatoms. The lowest BCUT2D eigenvalue weighted by molar-refractivity contribution is 0.0336. The molecule has 0 aliphatic carbocycles. The Morgan fingerprint density at radius 1 is 1.09 bits per heavy atom. The van der Waals surface area contributed by atoms with Gasteiger partial charge in [0.2, 0.25) is 0 Å². The summed E-state index contributed by atoms with van der Waals surface area (Å²) in [6, 6.07) is 9.35. The molecular formula is C24H28N6O4. The summed E-state index contributed by atoms with van der Waals surface area (Å²) in [5, 5.41) is 18.6. The highest BCUT2D eigenvalue weighted by Gasteiger charge is 2.15. The van der Waals surface area contributed by atoms with Crippen molar-refractivity contribution < 1.29 is 19.4 Å². The molecule has 1 saturated heterocycles. The lowest BCUT2D eigenvalue weighted by Crippen LogP contribution is -2.35. The van der Waals surface area contributed by atoms with Crippen LogP contribution in [0.2, 0.25) is 0 Å². The van der Waals surface area contributed by atoms with Crippen molar-refractivity contribution in [2.24, 2.45) is 0 Å². The second kappa shape index (κ2) is 10.9. The summed E-state index contributed by atoms with van der Waals surface area (Å²) in [7, 11) is 0. The monoisotopic (exact) mass is 464 g/mol. The summed E-state index contributed by atoms with van der Waals surface area (Å²) in [5.74, 6) is 0.408. The number of urea groups is 1. The van der Waals surface area contributed by atoms with E-state index in [1.807, 2.05) is 31.2 Å². The molecule has 0 saturated carbocycles. The number of benzene rings is 1. The minimum atomic E-state index is -1.10. The van der Waals surface area contributed by atoms with Crippen LogP contribution in [0.3, 0.4) is 0 Å². The summed E-state index contributed by atoms with van der Waals surface area (Å²) >= 11 is 0. The van der Waals surface area contributed by atoms with Gasteiger partial charge in [0.15, 0.2) is 0 Å². The number of anilines is 1. The third-order valence-electron chi connectivity index (χ3n) is 5.62. The average molecular weight is 465 g/mol. The molecule has 0 unspecified atom stereocenters. The van der Waals surface area contributed by atoms with Gasteiger partial charge in [0.1, 0.15) is 5.82 Å². The standard InChI is InChI=1S/C24H28N6O4/c1-2-25-23(31)29-22-12-20-19(4-3-17(13-28-24(32)33)21(20)14-27-22)16-5-6-26-18(11-16)15-30-7-9-34-10-8-30/h3-6,11-12,14,28H,2,7-10,13,15H2,1H3,(H,32,33)(H2,25,27,29,31). The van der Waals surface area contributed by atoms with Crippen LogP contribution in [0, 0.1) is 0 Å². The van der Waals surface area contributed by atoms with Crippen LogP contribution in [-0.2, 0) is 17.8 Å². The van der Waals surface area contributed by atoms with Crippen LogP contribution in [0.25, 0.3) is 21.9 Å². The number of carbonyl (C=O) groups excluding carboxylic acids is 1. The van der Waals surface area contributed by atoms with E-state index in [2.05, 4.69) is 36.9 Å². The average Bonchev–Trinajstić information content (AvgIpc) is 2.83. The maximum atomic E-state index is 12.0. The molecule has 2 aromatic heterocycles. The third kappa shape index (κ3) is 5.77. The Labute approximate surface area is 197 Å². The number of nitrogens with zero attached hydrogens (tertiary/aromatic N) is 3. The molecule has 0 bridgehead atoms. The maximum Gasteiger partial charge on any atom is 0.404 e. The van der Waals surface area contributed by atoms with Crippen molar-refractivity contribution in [3.8, 4) is 11.1 Å². The van der Waals surface area contributed by atoms with Crippen molar-refractivity contribution in [3.05, 3.63) is 54.0 Å². The highest BCUT2D eigenvalue weighted by Crippen LogP contribution is 2.32. The first-order chi connectivity index (χ1) is 16.5. The molecule has 34 heavy (non-hydrogen) atoms. The molecule has 0 atom stereocenters. The van der Waals surface area contributed by atoms with Gasteiger partial charge in [-0.15, -0.1) is 0 Å². The van der Waals surface area contributed by atoms with Crippen molar-refractivity contribution in [2.75, 3.05) is 38.2 Å². The van der Waals surface area contributed by atoms with E-state index in [4.69, 9.17) is 9.84 Å². The molecule has 10 nitrogen and oxygen atoms in total.